The highest BCUT2D eigenvalue weighted by Gasteiger charge is 2.26. The van der Waals surface area contributed by atoms with E-state index in [9.17, 15) is 9.59 Å². The van der Waals surface area contributed by atoms with E-state index < -0.39 is 36.5 Å². The second-order valence-electron chi connectivity index (χ2n) is 4.09. The molecule has 0 heterocycles. The van der Waals surface area contributed by atoms with Crippen LogP contribution in [0.1, 0.15) is 38.7 Å². The van der Waals surface area contributed by atoms with Gasteiger partial charge in [0.2, 0.25) is 0 Å². The molecule has 0 radical (unpaired) electrons. The fourth-order valence-electron chi connectivity index (χ4n) is 0.748. The molecular weight excluding hydrogens is 198 g/mol. The fourth-order valence-corrected chi connectivity index (χ4v) is 0.748. The van der Waals surface area contributed by atoms with Crippen molar-refractivity contribution in [2.45, 2.75) is 46.2 Å². The average Bonchev–Trinajstić information content (AvgIpc) is 2.13. The predicted octanol–water partition coefficient (Wildman–Crippen LogP) is 1.62. The minimum absolute atomic E-state index is 0.654. The Labute approximate surface area is 94.0 Å². The molecule has 88 valence electrons. The molecule has 5 heteroatoms. The van der Waals surface area contributed by atoms with Crippen molar-refractivity contribution in [3.63, 3.8) is 0 Å². The van der Waals surface area contributed by atoms with E-state index in [0.29, 0.717) is 0 Å². The maximum atomic E-state index is 11.5. The molecule has 2 N–H and O–H groups in total. The summed E-state index contributed by atoms with van der Waals surface area (Å²) < 4.78 is 27.3. The highest BCUT2D eigenvalue weighted by molar-refractivity contribution is 5.80. The van der Waals surface area contributed by atoms with Gasteiger partial charge in [-0.25, -0.2) is 9.59 Å². The van der Waals surface area contributed by atoms with Crippen molar-refractivity contribution < 1.29 is 23.5 Å². The van der Waals surface area contributed by atoms with Crippen molar-refractivity contribution >= 4 is 12.1 Å². The summed E-state index contributed by atoms with van der Waals surface area (Å²) >= 11 is 0. The lowest BCUT2D eigenvalue weighted by molar-refractivity contribution is -0.140. The molecule has 0 bridgehead atoms. The molecule has 0 saturated heterocycles. The van der Waals surface area contributed by atoms with E-state index in [4.69, 9.17) is 14.0 Å². The number of carboxylic acid groups (broad SMARTS) is 1. The lowest BCUT2D eigenvalue weighted by Gasteiger charge is -2.23. The van der Waals surface area contributed by atoms with Gasteiger partial charge < -0.3 is 15.2 Å². The number of nitrogens with one attached hydrogen (secondary N) is 1. The SMILES string of the molecule is [2H]CC([2H])(C)[C@]([2H])(NC(=O)OC(C)(C)C)C(=O)O. The third-order valence-electron chi connectivity index (χ3n) is 1.27. The zero-order valence-electron chi connectivity index (χ0n) is 12.4. The van der Waals surface area contributed by atoms with Crippen molar-refractivity contribution in [1.82, 2.24) is 5.32 Å². The van der Waals surface area contributed by atoms with E-state index in [2.05, 4.69) is 0 Å². The normalized spacial score (nSPS) is 22.3. The standard InChI is InChI=1S/C10H19NO4/c1-6(2)7(8(12)13)11-9(14)15-10(3,4)5/h6-7H,1-5H3,(H,11,14)(H,12,13)/t7-/m0/s1/i1D,6D,7D/t6?,7-. The molecule has 15 heavy (non-hydrogen) atoms. The molecule has 0 aromatic rings. The lowest BCUT2D eigenvalue weighted by Crippen LogP contribution is -2.46. The van der Waals surface area contributed by atoms with Gasteiger partial charge in [-0.2, -0.15) is 0 Å². The number of amides is 1. The summed E-state index contributed by atoms with van der Waals surface area (Å²) in [7, 11) is 0. The fraction of sp³-hybridized carbons (Fsp3) is 0.800. The van der Waals surface area contributed by atoms with Gasteiger partial charge in [-0.05, 0) is 26.7 Å². The van der Waals surface area contributed by atoms with Crippen molar-refractivity contribution in [2.24, 2.45) is 5.89 Å². The lowest BCUT2D eigenvalue weighted by atomic mass is 10.1. The third kappa shape index (κ3) is 5.93. The molecule has 1 unspecified atom stereocenters. The second-order valence-corrected chi connectivity index (χ2v) is 4.09. The molecule has 0 aliphatic heterocycles. The molecule has 0 saturated carbocycles. The van der Waals surface area contributed by atoms with Gasteiger partial charge in [0.05, 0.1) is 1.37 Å². The summed E-state index contributed by atoms with van der Waals surface area (Å²) in [4.78, 5) is 22.5. The largest absolute Gasteiger partial charge is 0.480 e. The van der Waals surface area contributed by atoms with Crippen LogP contribution in [-0.4, -0.2) is 28.8 Å². The zero-order valence-corrected chi connectivity index (χ0v) is 9.38. The minimum Gasteiger partial charge on any atom is -0.480 e. The smallest absolute Gasteiger partial charge is 0.408 e. The van der Waals surface area contributed by atoms with E-state index in [1.54, 1.807) is 20.8 Å². The first-order valence-electron chi connectivity index (χ1n) is 6.10. The van der Waals surface area contributed by atoms with Gasteiger partial charge in [0.1, 0.15) is 11.6 Å². The van der Waals surface area contributed by atoms with Crippen LogP contribution in [0.2, 0.25) is 0 Å². The monoisotopic (exact) mass is 220 g/mol. The number of carboxylic acids is 1. The van der Waals surface area contributed by atoms with Gasteiger partial charge in [-0.15, -0.1) is 0 Å². The molecule has 0 spiro atoms. The first-order chi connectivity index (χ1) is 7.85. The van der Waals surface area contributed by atoms with E-state index in [0.717, 1.165) is 6.92 Å². The third-order valence-corrected chi connectivity index (χ3v) is 1.27. The number of hydrogen-bond acceptors (Lipinski definition) is 3. The van der Waals surface area contributed by atoms with Crippen LogP contribution in [-0.2, 0) is 9.53 Å². The highest BCUT2D eigenvalue weighted by Crippen LogP contribution is 2.08. The molecule has 0 aromatic carbocycles. The van der Waals surface area contributed by atoms with Gasteiger partial charge in [0.25, 0.3) is 0 Å². The van der Waals surface area contributed by atoms with Gasteiger partial charge in [-0.1, -0.05) is 13.8 Å². The van der Waals surface area contributed by atoms with Gasteiger partial charge in [0.15, 0.2) is 0 Å². The van der Waals surface area contributed by atoms with Crippen molar-refractivity contribution in [3.8, 4) is 0 Å². The number of carbonyl (C=O) groups excluding carboxylic acids is 1. The van der Waals surface area contributed by atoms with E-state index in [1.165, 1.54) is 0 Å². The summed E-state index contributed by atoms with van der Waals surface area (Å²) in [5.74, 6) is -3.71. The van der Waals surface area contributed by atoms with Gasteiger partial charge >= 0.3 is 12.1 Å². The number of aliphatic carboxylic acids is 1. The Morgan fingerprint density at radius 1 is 1.53 bits per heavy atom. The molecular formula is C10H19NO4. The predicted molar refractivity (Wildman–Crippen MR) is 55.6 cm³/mol. The molecule has 1 amide bonds. The molecule has 0 rings (SSSR count). The molecule has 0 aliphatic carbocycles. The summed E-state index contributed by atoms with van der Waals surface area (Å²) in [6, 6.07) is -2.64. The summed E-state index contributed by atoms with van der Waals surface area (Å²) in [5, 5.41) is 10.8. The quantitative estimate of drug-likeness (QED) is 0.757. The van der Waals surface area contributed by atoms with E-state index >= 15 is 0 Å². The Bertz CT molecular complexity index is 341. The van der Waals surface area contributed by atoms with Crippen LogP contribution in [0, 0.1) is 5.89 Å². The van der Waals surface area contributed by atoms with Crippen LogP contribution in [0.15, 0.2) is 0 Å². The van der Waals surface area contributed by atoms with Crippen molar-refractivity contribution in [1.29, 1.82) is 0 Å². The van der Waals surface area contributed by atoms with E-state index in [1.807, 2.05) is 5.32 Å². The Morgan fingerprint density at radius 2 is 2.07 bits per heavy atom. The topological polar surface area (TPSA) is 75.6 Å². The van der Waals surface area contributed by atoms with E-state index in [-0.39, 0.29) is 0 Å². The molecule has 0 aromatic heterocycles. The zero-order chi connectivity index (χ0) is 14.8. The van der Waals surface area contributed by atoms with Crippen LogP contribution in [0.25, 0.3) is 0 Å². The average molecular weight is 220 g/mol. The summed E-state index contributed by atoms with van der Waals surface area (Å²) in [5.41, 5.74) is -0.844. The molecule has 0 aliphatic rings. The maximum Gasteiger partial charge on any atom is 0.408 e. The van der Waals surface area contributed by atoms with Crippen LogP contribution in [0.4, 0.5) is 4.79 Å². The van der Waals surface area contributed by atoms with Gasteiger partial charge in [-0.3, -0.25) is 0 Å². The van der Waals surface area contributed by atoms with Crippen LogP contribution in [0.5, 0.6) is 0 Å². The first kappa shape index (κ1) is 9.00. The van der Waals surface area contributed by atoms with Crippen molar-refractivity contribution in [2.75, 3.05) is 0 Å². The van der Waals surface area contributed by atoms with Crippen LogP contribution in [0.3, 0.4) is 0 Å². The van der Waals surface area contributed by atoms with Crippen LogP contribution >= 0.6 is 0 Å². The molecule has 2 atom stereocenters. The number of hydrogen-bond donors (Lipinski definition) is 2. The Hall–Kier alpha value is -1.26. The summed E-state index contributed by atoms with van der Waals surface area (Å²) in [6.07, 6.45) is -1.10. The number of ether oxygens (including phenoxy) is 1. The van der Waals surface area contributed by atoms with Gasteiger partial charge in [0, 0.05) is 2.74 Å². The Kier molecular flexibility index (Phi) is 3.00. The minimum atomic E-state index is -2.64. The Balaban J connectivity index is 5.07. The molecule has 5 nitrogen and oxygen atoms in total. The first-order valence-corrected chi connectivity index (χ1v) is 4.39. The summed E-state index contributed by atoms with van der Waals surface area (Å²) in [6.45, 7) is 5.20. The number of alkyl carbamates (subject to hydrolysis) is 1. The Morgan fingerprint density at radius 3 is 2.40 bits per heavy atom. The second kappa shape index (κ2) is 5.00. The highest BCUT2D eigenvalue weighted by atomic mass is 16.6. The number of rotatable bonds is 3. The molecule has 0 fully saturated rings. The van der Waals surface area contributed by atoms with Crippen LogP contribution < -0.4 is 5.32 Å². The number of carbonyl (C=O) groups is 2. The maximum absolute atomic E-state index is 11.5. The van der Waals surface area contributed by atoms with Crippen molar-refractivity contribution in [3.05, 3.63) is 0 Å².